The Balaban J connectivity index is 2.00. The summed E-state index contributed by atoms with van der Waals surface area (Å²) in [5.74, 6) is 0.244. The van der Waals surface area contributed by atoms with Crippen molar-refractivity contribution in [3.63, 3.8) is 0 Å². The highest BCUT2D eigenvalue weighted by Crippen LogP contribution is 2.34. The third kappa shape index (κ3) is 3.48. The fourth-order valence-electron chi connectivity index (χ4n) is 2.83. The Labute approximate surface area is 142 Å². The molecule has 2 heterocycles. The van der Waals surface area contributed by atoms with Crippen molar-refractivity contribution in [2.75, 3.05) is 0 Å². The third-order valence-electron chi connectivity index (χ3n) is 4.11. The number of aromatic hydroxyl groups is 1. The molecule has 0 fully saturated rings. The van der Waals surface area contributed by atoms with Crippen molar-refractivity contribution in [2.24, 2.45) is 0 Å². The molecule has 0 atom stereocenters. The number of aryl methyl sites for hydroxylation is 1. The van der Waals surface area contributed by atoms with Gasteiger partial charge in [-0.25, -0.2) is 4.68 Å². The summed E-state index contributed by atoms with van der Waals surface area (Å²) in [6, 6.07) is 15.6. The van der Waals surface area contributed by atoms with E-state index in [-0.39, 0.29) is 5.75 Å². The van der Waals surface area contributed by atoms with E-state index in [0.29, 0.717) is 5.69 Å². The number of rotatable bonds is 7. The van der Waals surface area contributed by atoms with Gasteiger partial charge in [-0.2, -0.15) is 5.10 Å². The molecule has 0 saturated heterocycles. The number of benzene rings is 1. The molecule has 2 aromatic heterocycles. The van der Waals surface area contributed by atoms with E-state index in [1.54, 1.807) is 10.9 Å². The smallest absolute Gasteiger partial charge is 0.167 e. The van der Waals surface area contributed by atoms with Crippen LogP contribution in [0.25, 0.3) is 17.1 Å². The van der Waals surface area contributed by atoms with Crippen molar-refractivity contribution >= 4 is 0 Å². The molecule has 0 spiro atoms. The second-order valence-corrected chi connectivity index (χ2v) is 5.92. The van der Waals surface area contributed by atoms with Gasteiger partial charge in [0.05, 0.1) is 11.4 Å². The van der Waals surface area contributed by atoms with Gasteiger partial charge in [0, 0.05) is 6.20 Å². The lowest BCUT2D eigenvalue weighted by atomic mass is 10.1. The van der Waals surface area contributed by atoms with E-state index in [1.165, 1.54) is 12.8 Å². The molecular weight excluding hydrogens is 298 g/mol. The predicted molar refractivity (Wildman–Crippen MR) is 96.3 cm³/mol. The summed E-state index contributed by atoms with van der Waals surface area (Å²) in [6.07, 6.45) is 7.13. The predicted octanol–water partition coefficient (Wildman–Crippen LogP) is 4.76. The summed E-state index contributed by atoms with van der Waals surface area (Å²) in [7, 11) is 0. The van der Waals surface area contributed by atoms with E-state index in [1.807, 2.05) is 48.5 Å². The number of hydrogen-bond donors (Lipinski definition) is 1. The van der Waals surface area contributed by atoms with Gasteiger partial charge >= 0.3 is 0 Å². The van der Waals surface area contributed by atoms with Crippen LogP contribution in [0.2, 0.25) is 0 Å². The Morgan fingerprint density at radius 1 is 0.958 bits per heavy atom. The molecule has 24 heavy (non-hydrogen) atoms. The Hall–Kier alpha value is -2.62. The average Bonchev–Trinajstić information content (AvgIpc) is 2.97. The Kier molecular flexibility index (Phi) is 5.26. The van der Waals surface area contributed by atoms with Crippen molar-refractivity contribution < 1.29 is 5.11 Å². The molecule has 4 nitrogen and oxygen atoms in total. The molecule has 0 aliphatic heterocycles. The van der Waals surface area contributed by atoms with Crippen LogP contribution in [0.1, 0.15) is 38.3 Å². The molecule has 3 rings (SSSR count). The van der Waals surface area contributed by atoms with E-state index in [9.17, 15) is 5.11 Å². The molecule has 0 radical (unpaired) electrons. The quantitative estimate of drug-likeness (QED) is 0.638. The minimum Gasteiger partial charge on any atom is -0.504 e. The molecule has 1 aromatic carbocycles. The highest BCUT2D eigenvalue weighted by molar-refractivity contribution is 5.66. The second kappa shape index (κ2) is 7.77. The van der Waals surface area contributed by atoms with Gasteiger partial charge in [-0.3, -0.25) is 4.98 Å². The first-order valence-corrected chi connectivity index (χ1v) is 8.59. The van der Waals surface area contributed by atoms with Crippen molar-refractivity contribution in [1.82, 2.24) is 14.8 Å². The maximum absolute atomic E-state index is 10.8. The number of hydrogen-bond acceptors (Lipinski definition) is 3. The zero-order valence-corrected chi connectivity index (χ0v) is 14.0. The van der Waals surface area contributed by atoms with Gasteiger partial charge in [0.2, 0.25) is 0 Å². The maximum Gasteiger partial charge on any atom is 0.167 e. The lowest BCUT2D eigenvalue weighted by molar-refractivity contribution is 0.468. The van der Waals surface area contributed by atoms with Crippen molar-refractivity contribution in [3.05, 3.63) is 60.4 Å². The number of unbranched alkanes of at least 4 members (excludes halogenated alkanes) is 3. The van der Waals surface area contributed by atoms with Crippen LogP contribution < -0.4 is 0 Å². The fraction of sp³-hybridized carbons (Fsp3) is 0.300. The van der Waals surface area contributed by atoms with Crippen LogP contribution >= 0.6 is 0 Å². The second-order valence-electron chi connectivity index (χ2n) is 5.92. The topological polar surface area (TPSA) is 50.9 Å². The molecule has 1 N–H and O–H groups in total. The molecular formula is C20H23N3O. The molecule has 124 valence electrons. The number of aromatic nitrogens is 3. The Bertz CT molecular complexity index is 766. The summed E-state index contributed by atoms with van der Waals surface area (Å²) in [6.45, 7) is 2.20. The molecule has 4 heteroatoms. The summed E-state index contributed by atoms with van der Waals surface area (Å²) in [5.41, 5.74) is 3.06. The first-order valence-electron chi connectivity index (χ1n) is 8.59. The molecule has 3 aromatic rings. The zero-order valence-electron chi connectivity index (χ0n) is 14.0. The van der Waals surface area contributed by atoms with Crippen LogP contribution in [-0.4, -0.2) is 19.9 Å². The van der Waals surface area contributed by atoms with Crippen LogP contribution in [-0.2, 0) is 6.42 Å². The highest BCUT2D eigenvalue weighted by Gasteiger charge is 2.20. The highest BCUT2D eigenvalue weighted by atomic mass is 16.3. The number of para-hydroxylation sites is 1. The lowest BCUT2D eigenvalue weighted by Gasteiger charge is -2.06. The Morgan fingerprint density at radius 2 is 1.75 bits per heavy atom. The van der Waals surface area contributed by atoms with E-state index < -0.39 is 0 Å². The minimum atomic E-state index is 0.244. The molecule has 0 aliphatic carbocycles. The van der Waals surface area contributed by atoms with Gasteiger partial charge in [0.1, 0.15) is 11.4 Å². The summed E-state index contributed by atoms with van der Waals surface area (Å²) >= 11 is 0. The molecule has 0 saturated carbocycles. The minimum absolute atomic E-state index is 0.244. The average molecular weight is 321 g/mol. The maximum atomic E-state index is 10.8. The summed E-state index contributed by atoms with van der Waals surface area (Å²) in [5, 5.41) is 15.4. The summed E-state index contributed by atoms with van der Waals surface area (Å²) < 4.78 is 1.80. The fourth-order valence-corrected chi connectivity index (χ4v) is 2.83. The Morgan fingerprint density at radius 3 is 2.46 bits per heavy atom. The molecule has 0 unspecified atom stereocenters. The first-order chi connectivity index (χ1) is 11.8. The third-order valence-corrected chi connectivity index (χ3v) is 4.11. The standard InChI is InChI=1S/C20H23N3O/c1-2-3-4-8-14-18-20(24)19(17-13-9-10-15-21-17)23(22-18)16-11-6-5-7-12-16/h5-7,9-13,15,24H,2-4,8,14H2,1H3. The van der Waals surface area contributed by atoms with Crippen LogP contribution in [0.4, 0.5) is 0 Å². The molecule has 0 bridgehead atoms. The van der Waals surface area contributed by atoms with E-state index in [2.05, 4.69) is 17.0 Å². The number of nitrogens with zero attached hydrogens (tertiary/aromatic N) is 3. The van der Waals surface area contributed by atoms with E-state index in [4.69, 9.17) is 0 Å². The van der Waals surface area contributed by atoms with E-state index in [0.717, 1.165) is 36.3 Å². The van der Waals surface area contributed by atoms with Gasteiger partial charge in [-0.1, -0.05) is 50.5 Å². The zero-order chi connectivity index (χ0) is 16.8. The lowest BCUT2D eigenvalue weighted by Crippen LogP contribution is -2.00. The van der Waals surface area contributed by atoms with Crippen LogP contribution in [0.5, 0.6) is 5.75 Å². The molecule has 0 amide bonds. The first kappa shape index (κ1) is 16.2. The van der Waals surface area contributed by atoms with Gasteiger partial charge in [-0.15, -0.1) is 0 Å². The van der Waals surface area contributed by atoms with Gasteiger partial charge in [0.25, 0.3) is 0 Å². The number of pyridine rings is 1. The van der Waals surface area contributed by atoms with E-state index >= 15 is 0 Å². The van der Waals surface area contributed by atoms with Crippen LogP contribution in [0.3, 0.4) is 0 Å². The molecule has 0 aliphatic rings. The summed E-state index contributed by atoms with van der Waals surface area (Å²) in [4.78, 5) is 4.40. The van der Waals surface area contributed by atoms with Crippen molar-refractivity contribution in [3.8, 4) is 22.8 Å². The van der Waals surface area contributed by atoms with Crippen LogP contribution in [0, 0.1) is 0 Å². The van der Waals surface area contributed by atoms with Gasteiger partial charge in [-0.05, 0) is 37.1 Å². The monoisotopic (exact) mass is 321 g/mol. The van der Waals surface area contributed by atoms with Gasteiger partial charge in [0.15, 0.2) is 5.75 Å². The normalized spacial score (nSPS) is 10.9. The van der Waals surface area contributed by atoms with Gasteiger partial charge < -0.3 is 5.11 Å². The van der Waals surface area contributed by atoms with Crippen LogP contribution in [0.15, 0.2) is 54.7 Å². The van der Waals surface area contributed by atoms with Crippen molar-refractivity contribution in [2.45, 2.75) is 39.0 Å². The SMILES string of the molecule is CCCCCCc1nn(-c2ccccc2)c(-c2ccccn2)c1O. The van der Waals surface area contributed by atoms with Crippen molar-refractivity contribution in [1.29, 1.82) is 0 Å². The largest absolute Gasteiger partial charge is 0.504 e.